The minimum absolute atomic E-state index is 0.0571. The Kier molecular flexibility index (Phi) is 3.85. The SMILES string of the molecule is COc1cc(NS(=O)(=O)c2cn(C)cn2)ccc1C(=O)O. The molecule has 0 aliphatic heterocycles. The van der Waals surface area contributed by atoms with Gasteiger partial charge in [-0.25, -0.2) is 9.78 Å². The smallest absolute Gasteiger partial charge is 0.339 e. The highest BCUT2D eigenvalue weighted by atomic mass is 32.2. The Labute approximate surface area is 121 Å². The van der Waals surface area contributed by atoms with Gasteiger partial charge in [0, 0.05) is 19.3 Å². The fourth-order valence-corrected chi connectivity index (χ4v) is 2.70. The number of benzene rings is 1. The Morgan fingerprint density at radius 3 is 2.67 bits per heavy atom. The summed E-state index contributed by atoms with van der Waals surface area (Å²) in [5.74, 6) is -1.10. The van der Waals surface area contributed by atoms with E-state index in [0.29, 0.717) is 0 Å². The van der Waals surface area contributed by atoms with Crippen molar-refractivity contribution in [1.82, 2.24) is 9.55 Å². The van der Waals surface area contributed by atoms with Gasteiger partial charge in [0.15, 0.2) is 5.03 Å². The molecule has 0 amide bonds. The van der Waals surface area contributed by atoms with Crippen LogP contribution >= 0.6 is 0 Å². The van der Waals surface area contributed by atoms with Gasteiger partial charge >= 0.3 is 5.97 Å². The van der Waals surface area contributed by atoms with Crippen LogP contribution in [0.5, 0.6) is 5.75 Å². The van der Waals surface area contributed by atoms with Crippen LogP contribution in [0.2, 0.25) is 0 Å². The van der Waals surface area contributed by atoms with Crippen LogP contribution in [-0.4, -0.2) is 36.2 Å². The molecule has 0 bridgehead atoms. The Morgan fingerprint density at radius 1 is 1.43 bits per heavy atom. The Bertz CT molecular complexity index is 782. The third kappa shape index (κ3) is 3.14. The number of carbonyl (C=O) groups is 1. The van der Waals surface area contributed by atoms with Crippen LogP contribution in [0.15, 0.2) is 35.7 Å². The van der Waals surface area contributed by atoms with E-state index < -0.39 is 16.0 Å². The molecule has 9 heteroatoms. The lowest BCUT2D eigenvalue weighted by Gasteiger charge is -2.09. The fourth-order valence-electron chi connectivity index (χ4n) is 1.67. The molecule has 2 rings (SSSR count). The number of nitrogens with one attached hydrogen (secondary N) is 1. The number of hydrogen-bond acceptors (Lipinski definition) is 5. The number of carboxylic acids is 1. The van der Waals surface area contributed by atoms with Crippen LogP contribution in [0.1, 0.15) is 10.4 Å². The number of carboxylic acid groups (broad SMARTS) is 1. The van der Waals surface area contributed by atoms with E-state index in [9.17, 15) is 13.2 Å². The second-order valence-corrected chi connectivity index (χ2v) is 5.83. The molecule has 1 aromatic carbocycles. The van der Waals surface area contributed by atoms with Gasteiger partial charge in [-0.15, -0.1) is 0 Å². The maximum atomic E-state index is 12.1. The van der Waals surface area contributed by atoms with Crippen molar-refractivity contribution in [3.8, 4) is 5.75 Å². The van der Waals surface area contributed by atoms with Gasteiger partial charge < -0.3 is 14.4 Å². The summed E-state index contributed by atoms with van der Waals surface area (Å²) in [6, 6.07) is 3.90. The molecule has 0 fully saturated rings. The van der Waals surface area contributed by atoms with Gasteiger partial charge in [0.1, 0.15) is 11.3 Å². The third-order valence-corrected chi connectivity index (χ3v) is 3.91. The largest absolute Gasteiger partial charge is 0.496 e. The molecule has 21 heavy (non-hydrogen) atoms. The van der Waals surface area contributed by atoms with Crippen LogP contribution in [0, 0.1) is 0 Å². The van der Waals surface area contributed by atoms with Crippen molar-refractivity contribution in [3.63, 3.8) is 0 Å². The third-order valence-electron chi connectivity index (χ3n) is 2.64. The molecule has 0 unspecified atom stereocenters. The molecule has 0 aliphatic rings. The number of anilines is 1. The van der Waals surface area contributed by atoms with E-state index in [0.717, 1.165) is 0 Å². The zero-order chi connectivity index (χ0) is 15.6. The Hall–Kier alpha value is -2.55. The number of aromatic carboxylic acids is 1. The van der Waals surface area contributed by atoms with E-state index in [2.05, 4.69) is 9.71 Å². The monoisotopic (exact) mass is 311 g/mol. The quantitative estimate of drug-likeness (QED) is 0.849. The average Bonchev–Trinajstić information content (AvgIpc) is 2.85. The van der Waals surface area contributed by atoms with Crippen molar-refractivity contribution >= 4 is 21.7 Å². The molecule has 1 heterocycles. The van der Waals surface area contributed by atoms with E-state index >= 15 is 0 Å². The molecule has 2 N–H and O–H groups in total. The van der Waals surface area contributed by atoms with E-state index in [1.54, 1.807) is 7.05 Å². The van der Waals surface area contributed by atoms with E-state index in [4.69, 9.17) is 9.84 Å². The summed E-state index contributed by atoms with van der Waals surface area (Å²) in [5.41, 5.74) is 0.126. The fraction of sp³-hybridized carbons (Fsp3) is 0.167. The van der Waals surface area contributed by atoms with Gasteiger partial charge in [-0.1, -0.05) is 0 Å². The molecule has 0 saturated carbocycles. The van der Waals surface area contributed by atoms with Crippen molar-refractivity contribution in [2.45, 2.75) is 5.03 Å². The number of aromatic nitrogens is 2. The number of rotatable bonds is 5. The molecule has 112 valence electrons. The lowest BCUT2D eigenvalue weighted by molar-refractivity contribution is 0.0693. The first-order valence-electron chi connectivity index (χ1n) is 5.75. The number of nitrogens with zero attached hydrogens (tertiary/aromatic N) is 2. The molecule has 0 spiro atoms. The van der Waals surface area contributed by atoms with Crippen LogP contribution in [0.4, 0.5) is 5.69 Å². The zero-order valence-electron chi connectivity index (χ0n) is 11.3. The van der Waals surface area contributed by atoms with Crippen molar-refractivity contribution in [1.29, 1.82) is 0 Å². The molecule has 0 radical (unpaired) electrons. The predicted molar refractivity (Wildman–Crippen MR) is 74.0 cm³/mol. The number of sulfonamides is 1. The van der Waals surface area contributed by atoms with Gasteiger partial charge in [0.25, 0.3) is 10.0 Å². The Balaban J connectivity index is 2.34. The first kappa shape index (κ1) is 14.9. The summed E-state index contributed by atoms with van der Waals surface area (Å²) in [5, 5.41) is 8.84. The minimum Gasteiger partial charge on any atom is -0.496 e. The molecule has 1 aromatic heterocycles. The normalized spacial score (nSPS) is 11.1. The zero-order valence-corrected chi connectivity index (χ0v) is 12.1. The number of aryl methyl sites for hydroxylation is 1. The summed E-state index contributed by atoms with van der Waals surface area (Å²) in [6.07, 6.45) is 2.72. The standard InChI is InChI=1S/C12H13N3O5S/c1-15-6-11(13-7-15)21(18,19)14-8-3-4-9(12(16)17)10(5-8)20-2/h3-7,14H,1-2H3,(H,16,17). The highest BCUT2D eigenvalue weighted by molar-refractivity contribution is 7.92. The molecular weight excluding hydrogens is 298 g/mol. The minimum atomic E-state index is -3.84. The highest BCUT2D eigenvalue weighted by Crippen LogP contribution is 2.24. The van der Waals surface area contributed by atoms with Crippen molar-refractivity contribution in [3.05, 3.63) is 36.3 Å². The first-order valence-corrected chi connectivity index (χ1v) is 7.24. The number of hydrogen-bond donors (Lipinski definition) is 2. The lowest BCUT2D eigenvalue weighted by atomic mass is 10.2. The van der Waals surface area contributed by atoms with E-state index in [1.165, 1.54) is 42.4 Å². The van der Waals surface area contributed by atoms with Gasteiger partial charge in [-0.2, -0.15) is 8.42 Å². The van der Waals surface area contributed by atoms with E-state index in [1.807, 2.05) is 0 Å². The Morgan fingerprint density at radius 2 is 2.14 bits per heavy atom. The predicted octanol–water partition coefficient (Wildman–Crippen LogP) is 0.928. The van der Waals surface area contributed by atoms with Gasteiger partial charge in [0.05, 0.1) is 19.1 Å². The summed E-state index contributed by atoms with van der Waals surface area (Å²) in [6.45, 7) is 0. The van der Waals surface area contributed by atoms with Crippen LogP contribution in [-0.2, 0) is 17.1 Å². The van der Waals surface area contributed by atoms with Gasteiger partial charge in [0.2, 0.25) is 0 Å². The molecule has 0 saturated heterocycles. The highest BCUT2D eigenvalue weighted by Gasteiger charge is 2.19. The molecule has 2 aromatic rings. The number of imidazole rings is 1. The second kappa shape index (κ2) is 5.44. The summed E-state index contributed by atoms with van der Waals surface area (Å²) in [7, 11) is -0.882. The first-order chi connectivity index (χ1) is 9.83. The molecule has 0 aliphatic carbocycles. The van der Waals surface area contributed by atoms with Crippen molar-refractivity contribution in [2.24, 2.45) is 7.05 Å². The summed E-state index contributed by atoms with van der Waals surface area (Å²) < 4.78 is 32.9. The summed E-state index contributed by atoms with van der Waals surface area (Å²) >= 11 is 0. The van der Waals surface area contributed by atoms with E-state index in [-0.39, 0.29) is 22.0 Å². The van der Waals surface area contributed by atoms with Gasteiger partial charge in [-0.05, 0) is 12.1 Å². The van der Waals surface area contributed by atoms with Gasteiger partial charge in [-0.3, -0.25) is 4.72 Å². The summed E-state index contributed by atoms with van der Waals surface area (Å²) in [4.78, 5) is 14.7. The van der Waals surface area contributed by atoms with Crippen molar-refractivity contribution < 1.29 is 23.1 Å². The molecule has 0 atom stereocenters. The topological polar surface area (TPSA) is 111 Å². The maximum Gasteiger partial charge on any atom is 0.339 e. The van der Waals surface area contributed by atoms with Crippen LogP contribution < -0.4 is 9.46 Å². The molecular formula is C12H13N3O5S. The maximum absolute atomic E-state index is 12.1. The van der Waals surface area contributed by atoms with Crippen LogP contribution in [0.25, 0.3) is 0 Å². The van der Waals surface area contributed by atoms with Crippen LogP contribution in [0.3, 0.4) is 0 Å². The number of methoxy groups -OCH3 is 1. The molecule has 8 nitrogen and oxygen atoms in total. The lowest BCUT2D eigenvalue weighted by Crippen LogP contribution is -2.13. The van der Waals surface area contributed by atoms with Crippen molar-refractivity contribution in [2.75, 3.05) is 11.8 Å². The second-order valence-electron chi connectivity index (χ2n) is 4.20. The average molecular weight is 311 g/mol. The number of ether oxygens (including phenoxy) is 1.